The van der Waals surface area contributed by atoms with Crippen molar-refractivity contribution >= 4 is 0 Å². The van der Waals surface area contributed by atoms with Crippen LogP contribution in [0.2, 0.25) is 0 Å². The van der Waals surface area contributed by atoms with Gasteiger partial charge in [-0.1, -0.05) is 0 Å². The summed E-state index contributed by atoms with van der Waals surface area (Å²) in [5.74, 6) is -73.5. The van der Waals surface area contributed by atoms with Gasteiger partial charge < -0.3 is 0 Å². The standard InChI is InChI=1S/C19H4F27/c1-4-6(9(22,23)12(28,29)15(34,35)18(41,42)43)2-5(8(20,21)11(26,27)14(32,33)17(38,39)40)3-7(4)10(24,25)13(30,31)16(36,37)19(44,45)46/h2-3H,1H2. The van der Waals surface area contributed by atoms with Gasteiger partial charge in [-0.2, -0.15) is 119 Å². The van der Waals surface area contributed by atoms with Gasteiger partial charge in [0.25, 0.3) is 0 Å². The van der Waals surface area contributed by atoms with E-state index in [9.17, 15) is 119 Å². The third-order valence-corrected chi connectivity index (χ3v) is 5.72. The van der Waals surface area contributed by atoms with E-state index in [4.69, 9.17) is 0 Å². The van der Waals surface area contributed by atoms with Gasteiger partial charge >= 0.3 is 71.8 Å². The van der Waals surface area contributed by atoms with Gasteiger partial charge in [0.2, 0.25) is 0 Å². The van der Waals surface area contributed by atoms with Crippen LogP contribution < -0.4 is 0 Å². The van der Waals surface area contributed by atoms with Crippen LogP contribution in [0.4, 0.5) is 119 Å². The smallest absolute Gasteiger partial charge is 0.194 e. The molecule has 0 saturated carbocycles. The van der Waals surface area contributed by atoms with Crippen molar-refractivity contribution in [3.05, 3.63) is 41.3 Å². The number of benzene rings is 1. The maximum atomic E-state index is 14.5. The molecule has 0 fully saturated rings. The summed E-state index contributed by atoms with van der Waals surface area (Å²) in [6.07, 6.45) is -23.7. The van der Waals surface area contributed by atoms with Crippen molar-refractivity contribution in [3.8, 4) is 0 Å². The van der Waals surface area contributed by atoms with E-state index in [0.717, 1.165) is 0 Å². The molecule has 0 aliphatic rings. The summed E-state index contributed by atoms with van der Waals surface area (Å²) in [7, 11) is 0. The molecule has 27 heteroatoms. The van der Waals surface area contributed by atoms with Crippen molar-refractivity contribution in [1.29, 1.82) is 0 Å². The molecular weight excluding hydrogens is 741 g/mol. The van der Waals surface area contributed by atoms with Gasteiger partial charge in [-0.25, -0.2) is 0 Å². The van der Waals surface area contributed by atoms with Crippen LogP contribution in [0.15, 0.2) is 12.1 Å². The summed E-state index contributed by atoms with van der Waals surface area (Å²) in [5, 5.41) is 0. The van der Waals surface area contributed by atoms with E-state index in [0.29, 0.717) is 0 Å². The second-order valence-electron chi connectivity index (χ2n) is 8.71. The molecule has 1 aromatic rings. The molecule has 0 bridgehead atoms. The van der Waals surface area contributed by atoms with E-state index in [2.05, 4.69) is 0 Å². The highest BCUT2D eigenvalue weighted by Gasteiger charge is 2.85. The summed E-state index contributed by atoms with van der Waals surface area (Å²) < 4.78 is 361. The molecule has 0 aliphatic heterocycles. The Hall–Kier alpha value is -2.67. The zero-order valence-corrected chi connectivity index (χ0v) is 20.1. The zero-order chi connectivity index (χ0) is 37.7. The highest BCUT2D eigenvalue weighted by Crippen LogP contribution is 2.62. The van der Waals surface area contributed by atoms with Crippen LogP contribution in [0.1, 0.15) is 22.3 Å². The minimum Gasteiger partial charge on any atom is -0.194 e. The Morgan fingerprint density at radius 1 is 0.304 bits per heavy atom. The number of hydrogen-bond acceptors (Lipinski definition) is 0. The van der Waals surface area contributed by atoms with E-state index < -0.39 is 106 Å². The number of hydrogen-bond donors (Lipinski definition) is 0. The largest absolute Gasteiger partial charge is 0.460 e. The van der Waals surface area contributed by atoms with Crippen molar-refractivity contribution < 1.29 is 119 Å². The van der Waals surface area contributed by atoms with Gasteiger partial charge in [0.05, 0.1) is 0 Å². The zero-order valence-electron chi connectivity index (χ0n) is 20.1. The van der Waals surface area contributed by atoms with Crippen LogP contribution in [0, 0.1) is 6.92 Å². The lowest BCUT2D eigenvalue weighted by atomic mass is 9.83. The summed E-state index contributed by atoms with van der Waals surface area (Å²) in [6.45, 7) is 1.60. The highest BCUT2D eigenvalue weighted by atomic mass is 19.4. The lowest BCUT2D eigenvalue weighted by Gasteiger charge is -2.38. The molecule has 0 saturated heterocycles. The molecule has 0 N–H and O–H groups in total. The van der Waals surface area contributed by atoms with Gasteiger partial charge in [0, 0.05) is 16.7 Å². The van der Waals surface area contributed by atoms with Crippen LogP contribution in [-0.2, 0) is 17.8 Å². The van der Waals surface area contributed by atoms with Gasteiger partial charge in [0.15, 0.2) is 0 Å². The molecule has 0 aliphatic carbocycles. The summed E-state index contributed by atoms with van der Waals surface area (Å²) in [6, 6.07) is -4.49. The molecule has 1 rings (SSSR count). The molecule has 0 unspecified atom stereocenters. The highest BCUT2D eigenvalue weighted by molar-refractivity contribution is 5.49. The van der Waals surface area contributed by atoms with Crippen molar-refractivity contribution in [2.24, 2.45) is 0 Å². The lowest BCUT2D eigenvalue weighted by molar-refractivity contribution is -0.401. The first kappa shape index (κ1) is 41.4. The first-order chi connectivity index (χ1) is 19.5. The maximum Gasteiger partial charge on any atom is 0.460 e. The van der Waals surface area contributed by atoms with E-state index in [-0.39, 0.29) is 0 Å². The van der Waals surface area contributed by atoms with E-state index in [1.54, 1.807) is 6.92 Å². The Labute approximate surface area is 233 Å². The molecule has 46 heavy (non-hydrogen) atoms. The van der Waals surface area contributed by atoms with Gasteiger partial charge in [-0.15, -0.1) is 0 Å². The molecule has 1 aromatic carbocycles. The molecule has 0 spiro atoms. The minimum atomic E-state index is -8.35. The molecule has 269 valence electrons. The quantitative estimate of drug-likeness (QED) is 0.221. The molecule has 1 radical (unpaired) electrons. The number of halogens is 27. The van der Waals surface area contributed by atoms with E-state index in [1.807, 2.05) is 0 Å². The third kappa shape index (κ3) is 5.33. The Bertz CT molecular complexity index is 1210. The summed E-state index contributed by atoms with van der Waals surface area (Å²) in [5.41, 5.74) is -16.6. The lowest BCUT2D eigenvalue weighted by Crippen LogP contribution is -2.61. The number of rotatable bonds is 9. The topological polar surface area (TPSA) is 0 Å². The fourth-order valence-corrected chi connectivity index (χ4v) is 3.06. The van der Waals surface area contributed by atoms with Crippen molar-refractivity contribution in [2.45, 2.75) is 71.8 Å². The minimum absolute atomic E-state index is 1.60. The Balaban J connectivity index is 4.58. The summed E-state index contributed by atoms with van der Waals surface area (Å²) in [4.78, 5) is 0. The normalized spacial score (nSPS) is 16.3. The summed E-state index contributed by atoms with van der Waals surface area (Å²) >= 11 is 0. The van der Waals surface area contributed by atoms with Crippen molar-refractivity contribution in [1.82, 2.24) is 0 Å². The monoisotopic (exact) mass is 745 g/mol. The van der Waals surface area contributed by atoms with Gasteiger partial charge in [-0.3, -0.25) is 0 Å². The second kappa shape index (κ2) is 10.4. The van der Waals surface area contributed by atoms with Crippen LogP contribution in [0.5, 0.6) is 0 Å². The predicted octanol–water partition coefficient (Wildman–Crippen LogP) is 10.6. The fourth-order valence-electron chi connectivity index (χ4n) is 3.06. The third-order valence-electron chi connectivity index (χ3n) is 5.72. The molecule has 0 amide bonds. The molecular formula is C19H4F27. The Morgan fingerprint density at radius 2 is 0.500 bits per heavy atom. The van der Waals surface area contributed by atoms with E-state index in [1.165, 1.54) is 0 Å². The molecule has 0 atom stereocenters. The predicted molar refractivity (Wildman–Crippen MR) is 90.4 cm³/mol. The molecule has 0 aromatic heterocycles. The fraction of sp³-hybridized carbons (Fsp3) is 0.632. The van der Waals surface area contributed by atoms with Crippen LogP contribution in [0.3, 0.4) is 0 Å². The average Bonchev–Trinajstić information content (AvgIpc) is 2.80. The first-order valence-corrected chi connectivity index (χ1v) is 10.1. The average molecular weight is 745 g/mol. The SMILES string of the molecule is [CH2]c1c(C(F)(F)C(F)(F)C(F)(F)C(F)(F)F)cc(C(F)(F)C(F)(F)C(F)(F)C(F)(F)F)cc1C(F)(F)C(F)(F)C(F)(F)C(F)(F)F. The Morgan fingerprint density at radius 3 is 0.696 bits per heavy atom. The number of alkyl halides is 27. The molecule has 0 heterocycles. The maximum absolute atomic E-state index is 14.5. The Kier molecular flexibility index (Phi) is 9.36. The molecule has 0 nitrogen and oxygen atoms in total. The second-order valence-corrected chi connectivity index (χ2v) is 8.71. The van der Waals surface area contributed by atoms with Gasteiger partial charge in [0.1, 0.15) is 0 Å². The van der Waals surface area contributed by atoms with Crippen molar-refractivity contribution in [2.75, 3.05) is 0 Å². The van der Waals surface area contributed by atoms with Crippen LogP contribution in [0.25, 0.3) is 0 Å². The van der Waals surface area contributed by atoms with Crippen LogP contribution in [-0.4, -0.2) is 54.1 Å². The van der Waals surface area contributed by atoms with Gasteiger partial charge in [-0.05, 0) is 24.6 Å². The first-order valence-electron chi connectivity index (χ1n) is 10.1. The van der Waals surface area contributed by atoms with Crippen LogP contribution >= 0.6 is 0 Å². The van der Waals surface area contributed by atoms with Crippen molar-refractivity contribution in [3.63, 3.8) is 0 Å². The van der Waals surface area contributed by atoms with E-state index >= 15 is 0 Å².